The van der Waals surface area contributed by atoms with Crippen molar-refractivity contribution in [2.75, 3.05) is 13.1 Å². The molecule has 2 heterocycles. The number of nitrogens with one attached hydrogen (secondary N) is 1. The van der Waals surface area contributed by atoms with E-state index in [1.165, 1.54) is 11.1 Å². The molecule has 0 aliphatic carbocycles. The summed E-state index contributed by atoms with van der Waals surface area (Å²) in [5, 5.41) is 3.30. The third-order valence-electron chi connectivity index (χ3n) is 2.52. The van der Waals surface area contributed by atoms with Gasteiger partial charge in [-0.15, -0.1) is 0 Å². The number of rotatable bonds is 3. The first-order chi connectivity index (χ1) is 7.75. The van der Waals surface area contributed by atoms with Crippen LogP contribution in [0.4, 0.5) is 0 Å². The Bertz CT molecular complexity index is 385. The van der Waals surface area contributed by atoms with E-state index in [-0.39, 0.29) is 6.10 Å². The summed E-state index contributed by atoms with van der Waals surface area (Å²) in [6.07, 6.45) is 7.15. The van der Waals surface area contributed by atoms with E-state index in [0.29, 0.717) is 0 Å². The Morgan fingerprint density at radius 3 is 2.94 bits per heavy atom. The van der Waals surface area contributed by atoms with E-state index in [4.69, 9.17) is 4.74 Å². The van der Waals surface area contributed by atoms with E-state index in [1.807, 2.05) is 20.0 Å². The topological polar surface area (TPSA) is 34.1 Å². The van der Waals surface area contributed by atoms with Crippen LogP contribution in [0, 0.1) is 0 Å². The number of hydrogen-bond donors (Lipinski definition) is 1. The van der Waals surface area contributed by atoms with Crippen LogP contribution >= 0.6 is 0 Å². The molecule has 0 unspecified atom stereocenters. The molecule has 86 valence electrons. The Morgan fingerprint density at radius 1 is 1.38 bits per heavy atom. The summed E-state index contributed by atoms with van der Waals surface area (Å²) in [6.45, 7) is 6.04. The first-order valence-corrected chi connectivity index (χ1v) is 5.77. The summed E-state index contributed by atoms with van der Waals surface area (Å²) in [6, 6.07) is 2.07. The van der Waals surface area contributed by atoms with Crippen LogP contribution in [0.25, 0.3) is 5.57 Å². The number of nitrogens with zero attached hydrogens (tertiary/aromatic N) is 1. The molecule has 3 heteroatoms. The van der Waals surface area contributed by atoms with Gasteiger partial charge >= 0.3 is 0 Å². The minimum Gasteiger partial charge on any atom is -0.489 e. The fraction of sp³-hybridized carbons (Fsp3) is 0.462. The fourth-order valence-corrected chi connectivity index (χ4v) is 1.82. The van der Waals surface area contributed by atoms with Crippen molar-refractivity contribution in [3.8, 4) is 5.75 Å². The van der Waals surface area contributed by atoms with E-state index in [9.17, 15) is 0 Å². The highest BCUT2D eigenvalue weighted by Gasteiger charge is 2.07. The van der Waals surface area contributed by atoms with Gasteiger partial charge in [0.05, 0.1) is 12.3 Å². The van der Waals surface area contributed by atoms with E-state index < -0.39 is 0 Å². The average Bonchev–Trinajstić information content (AvgIpc) is 2.30. The predicted molar refractivity (Wildman–Crippen MR) is 65.5 cm³/mol. The SMILES string of the molecule is CC(C)Oc1cncc(C2=CCNCC2)c1. The summed E-state index contributed by atoms with van der Waals surface area (Å²) in [4.78, 5) is 4.23. The minimum absolute atomic E-state index is 0.194. The smallest absolute Gasteiger partial charge is 0.138 e. The quantitative estimate of drug-likeness (QED) is 0.845. The van der Waals surface area contributed by atoms with E-state index in [2.05, 4.69) is 22.4 Å². The molecule has 0 radical (unpaired) electrons. The number of hydrogen-bond acceptors (Lipinski definition) is 3. The molecule has 3 nitrogen and oxygen atoms in total. The molecule has 0 fully saturated rings. The van der Waals surface area contributed by atoms with Crippen LogP contribution in [0.5, 0.6) is 5.75 Å². The van der Waals surface area contributed by atoms with Crippen molar-refractivity contribution in [2.45, 2.75) is 26.4 Å². The Morgan fingerprint density at radius 2 is 2.25 bits per heavy atom. The summed E-state index contributed by atoms with van der Waals surface area (Å²) >= 11 is 0. The Hall–Kier alpha value is -1.35. The second-order valence-corrected chi connectivity index (χ2v) is 4.26. The van der Waals surface area contributed by atoms with Crippen molar-refractivity contribution in [3.63, 3.8) is 0 Å². The van der Waals surface area contributed by atoms with E-state index in [1.54, 1.807) is 6.20 Å². The molecular formula is C13H18N2O. The Balaban J connectivity index is 2.18. The zero-order valence-electron chi connectivity index (χ0n) is 9.86. The minimum atomic E-state index is 0.194. The van der Waals surface area contributed by atoms with Gasteiger partial charge in [-0.2, -0.15) is 0 Å². The van der Waals surface area contributed by atoms with Crippen LogP contribution in [-0.2, 0) is 0 Å². The number of aromatic nitrogens is 1. The van der Waals surface area contributed by atoms with E-state index >= 15 is 0 Å². The Labute approximate surface area is 96.5 Å². The third-order valence-corrected chi connectivity index (χ3v) is 2.52. The van der Waals surface area contributed by atoms with Crippen LogP contribution in [0.15, 0.2) is 24.5 Å². The van der Waals surface area contributed by atoms with Gasteiger partial charge < -0.3 is 10.1 Å². The van der Waals surface area contributed by atoms with Crippen LogP contribution < -0.4 is 10.1 Å². The third kappa shape index (κ3) is 2.83. The van der Waals surface area contributed by atoms with Crippen molar-refractivity contribution in [2.24, 2.45) is 0 Å². The summed E-state index contributed by atoms with van der Waals surface area (Å²) in [5.41, 5.74) is 2.54. The zero-order chi connectivity index (χ0) is 11.4. The number of ether oxygens (including phenoxy) is 1. The molecule has 0 amide bonds. The van der Waals surface area contributed by atoms with Gasteiger partial charge in [-0.05, 0) is 44.0 Å². The van der Waals surface area contributed by atoms with Crippen LogP contribution in [0.2, 0.25) is 0 Å². The largest absolute Gasteiger partial charge is 0.489 e. The number of pyridine rings is 1. The van der Waals surface area contributed by atoms with Crippen LogP contribution in [0.3, 0.4) is 0 Å². The second-order valence-electron chi connectivity index (χ2n) is 4.26. The first kappa shape index (κ1) is 11.1. The lowest BCUT2D eigenvalue weighted by molar-refractivity contribution is 0.241. The monoisotopic (exact) mass is 218 g/mol. The zero-order valence-corrected chi connectivity index (χ0v) is 9.86. The molecule has 16 heavy (non-hydrogen) atoms. The maximum atomic E-state index is 5.64. The van der Waals surface area contributed by atoms with Gasteiger partial charge in [-0.1, -0.05) is 6.08 Å². The lowest BCUT2D eigenvalue weighted by atomic mass is 10.0. The lowest BCUT2D eigenvalue weighted by Gasteiger charge is -2.15. The van der Waals surface area contributed by atoms with Gasteiger partial charge in [0.1, 0.15) is 5.75 Å². The van der Waals surface area contributed by atoms with Gasteiger partial charge in [-0.3, -0.25) is 4.98 Å². The van der Waals surface area contributed by atoms with Gasteiger partial charge in [0, 0.05) is 12.7 Å². The molecule has 0 aromatic carbocycles. The molecule has 1 N–H and O–H groups in total. The lowest BCUT2D eigenvalue weighted by Crippen LogP contribution is -2.20. The molecule has 1 aliphatic rings. The molecule has 1 aromatic rings. The van der Waals surface area contributed by atoms with Crippen molar-refractivity contribution in [1.29, 1.82) is 0 Å². The molecule has 0 bridgehead atoms. The maximum Gasteiger partial charge on any atom is 0.138 e. The van der Waals surface area contributed by atoms with Gasteiger partial charge in [-0.25, -0.2) is 0 Å². The average molecular weight is 218 g/mol. The molecule has 0 spiro atoms. The highest BCUT2D eigenvalue weighted by molar-refractivity contribution is 5.66. The van der Waals surface area contributed by atoms with Crippen molar-refractivity contribution in [1.82, 2.24) is 10.3 Å². The fourth-order valence-electron chi connectivity index (χ4n) is 1.82. The molecule has 0 saturated carbocycles. The van der Waals surface area contributed by atoms with Gasteiger partial charge in [0.25, 0.3) is 0 Å². The molecule has 0 saturated heterocycles. The summed E-state index contributed by atoms with van der Waals surface area (Å²) in [7, 11) is 0. The predicted octanol–water partition coefficient (Wildman–Crippen LogP) is 2.25. The first-order valence-electron chi connectivity index (χ1n) is 5.77. The van der Waals surface area contributed by atoms with E-state index in [0.717, 1.165) is 25.3 Å². The second kappa shape index (κ2) is 5.12. The highest BCUT2D eigenvalue weighted by Crippen LogP contribution is 2.22. The molecule has 2 rings (SSSR count). The highest BCUT2D eigenvalue weighted by atomic mass is 16.5. The Kier molecular flexibility index (Phi) is 3.57. The van der Waals surface area contributed by atoms with Gasteiger partial charge in [0.15, 0.2) is 0 Å². The molecule has 1 aromatic heterocycles. The van der Waals surface area contributed by atoms with Gasteiger partial charge in [0.2, 0.25) is 0 Å². The van der Waals surface area contributed by atoms with Crippen LogP contribution in [-0.4, -0.2) is 24.2 Å². The summed E-state index contributed by atoms with van der Waals surface area (Å²) in [5.74, 6) is 0.854. The van der Waals surface area contributed by atoms with Crippen LogP contribution in [0.1, 0.15) is 25.8 Å². The molecule has 0 atom stereocenters. The molecule has 1 aliphatic heterocycles. The van der Waals surface area contributed by atoms with Crippen molar-refractivity contribution >= 4 is 5.57 Å². The summed E-state index contributed by atoms with van der Waals surface area (Å²) < 4.78 is 5.64. The van der Waals surface area contributed by atoms with Crippen molar-refractivity contribution < 1.29 is 4.74 Å². The van der Waals surface area contributed by atoms with Crippen molar-refractivity contribution in [3.05, 3.63) is 30.1 Å². The standard InChI is InChI=1S/C13H18N2O/c1-10(2)16-13-7-12(8-15-9-13)11-3-5-14-6-4-11/h3,7-10,14H,4-6H2,1-2H3. The molecular weight excluding hydrogens is 200 g/mol. The normalized spacial score (nSPS) is 16.1. The maximum absolute atomic E-state index is 5.64.